The average Bonchev–Trinajstić information content (AvgIpc) is 3.07. The van der Waals surface area contributed by atoms with E-state index in [-0.39, 0.29) is 16.2 Å². The van der Waals surface area contributed by atoms with E-state index in [0.29, 0.717) is 17.7 Å². The molecule has 1 N–H and O–H groups in total. The summed E-state index contributed by atoms with van der Waals surface area (Å²) in [5.41, 5.74) is 1.52. The molecule has 0 spiro atoms. The smallest absolute Gasteiger partial charge is 0.268 e. The maximum Gasteiger partial charge on any atom is 0.268 e. The van der Waals surface area contributed by atoms with Crippen molar-refractivity contribution in [3.8, 4) is 17.3 Å². The van der Waals surface area contributed by atoms with Crippen molar-refractivity contribution in [2.75, 3.05) is 7.05 Å². The molecule has 3 aromatic rings. The first-order chi connectivity index (χ1) is 12.5. The molecule has 0 atom stereocenters. The van der Waals surface area contributed by atoms with Crippen molar-refractivity contribution in [1.29, 1.82) is 5.26 Å². The van der Waals surface area contributed by atoms with Crippen LogP contribution < -0.4 is 5.32 Å². The lowest BCUT2D eigenvalue weighted by Crippen LogP contribution is -2.13. The van der Waals surface area contributed by atoms with Crippen LogP contribution >= 0.6 is 0 Å². The Bertz CT molecular complexity index is 1080. The molecule has 132 valence electrons. The zero-order valence-corrected chi connectivity index (χ0v) is 14.8. The molecule has 1 heterocycles. The Kier molecular flexibility index (Phi) is 4.89. The summed E-state index contributed by atoms with van der Waals surface area (Å²) in [6.07, 6.45) is 1.48. The monoisotopic (exact) mass is 369 g/mol. The van der Waals surface area contributed by atoms with Crippen LogP contribution in [-0.2, 0) is 16.6 Å². The van der Waals surface area contributed by atoms with Gasteiger partial charge in [-0.3, -0.25) is 0 Å². The molecule has 2 aromatic carbocycles. The number of rotatable bonds is 5. The molecule has 7 heteroatoms. The number of nitriles is 1. The fourth-order valence-corrected chi connectivity index (χ4v) is 4.07. The van der Waals surface area contributed by atoms with Crippen LogP contribution in [-0.4, -0.2) is 19.4 Å². The van der Waals surface area contributed by atoms with Crippen molar-refractivity contribution in [1.82, 2.24) is 9.29 Å². The predicted molar refractivity (Wildman–Crippen MR) is 96.3 cm³/mol. The van der Waals surface area contributed by atoms with E-state index in [1.165, 1.54) is 36.5 Å². The highest BCUT2D eigenvalue weighted by molar-refractivity contribution is 7.90. The fourth-order valence-electron chi connectivity index (χ4n) is 2.68. The minimum Gasteiger partial charge on any atom is -0.316 e. The molecule has 0 aliphatic heterocycles. The van der Waals surface area contributed by atoms with Crippen molar-refractivity contribution in [2.45, 2.75) is 11.4 Å². The summed E-state index contributed by atoms with van der Waals surface area (Å²) in [6.45, 7) is 0.442. The summed E-state index contributed by atoms with van der Waals surface area (Å²) in [5, 5.41) is 11.8. The minimum atomic E-state index is -3.94. The van der Waals surface area contributed by atoms with Gasteiger partial charge < -0.3 is 5.32 Å². The van der Waals surface area contributed by atoms with E-state index in [4.69, 9.17) is 5.26 Å². The number of hydrogen-bond acceptors (Lipinski definition) is 4. The Morgan fingerprint density at radius 1 is 1.15 bits per heavy atom. The average molecular weight is 369 g/mol. The normalized spacial score (nSPS) is 11.3. The van der Waals surface area contributed by atoms with Crippen molar-refractivity contribution < 1.29 is 12.8 Å². The van der Waals surface area contributed by atoms with E-state index in [0.717, 1.165) is 3.97 Å². The largest absolute Gasteiger partial charge is 0.316 e. The minimum absolute atomic E-state index is 0.0284. The van der Waals surface area contributed by atoms with Gasteiger partial charge in [0.1, 0.15) is 5.82 Å². The van der Waals surface area contributed by atoms with Crippen molar-refractivity contribution in [2.24, 2.45) is 0 Å². The van der Waals surface area contributed by atoms with Gasteiger partial charge in [-0.05, 0) is 55.1 Å². The summed E-state index contributed by atoms with van der Waals surface area (Å²) in [6, 6.07) is 15.3. The maximum absolute atomic E-state index is 14.3. The highest BCUT2D eigenvalue weighted by Crippen LogP contribution is 2.29. The standard InChI is InChI=1S/C19H16FN3O2S/c1-22-12-15-10-19(17-4-2-3-5-18(17)20)23(13-15)26(24,25)16-8-6-14(11-21)7-9-16/h2-10,13,22H,12H2,1H3. The molecule has 1 aromatic heterocycles. The second-order valence-corrected chi connectivity index (χ2v) is 7.50. The third kappa shape index (κ3) is 3.25. The van der Waals surface area contributed by atoms with E-state index in [1.54, 1.807) is 31.3 Å². The second kappa shape index (κ2) is 7.12. The molecule has 0 saturated carbocycles. The Morgan fingerprint density at radius 3 is 2.46 bits per heavy atom. The first-order valence-corrected chi connectivity index (χ1v) is 9.28. The molecule has 26 heavy (non-hydrogen) atoms. The van der Waals surface area contributed by atoms with Gasteiger partial charge in [0.2, 0.25) is 0 Å². The third-order valence-electron chi connectivity index (χ3n) is 3.91. The number of benzene rings is 2. The Balaban J connectivity index is 2.19. The van der Waals surface area contributed by atoms with E-state index in [1.807, 2.05) is 6.07 Å². The molecule has 0 aliphatic carbocycles. The van der Waals surface area contributed by atoms with Crippen LogP contribution in [0.2, 0.25) is 0 Å². The lowest BCUT2D eigenvalue weighted by molar-refractivity contribution is 0.587. The van der Waals surface area contributed by atoms with Crippen molar-refractivity contribution in [3.63, 3.8) is 0 Å². The SMILES string of the molecule is CNCc1cc(-c2ccccc2F)n(S(=O)(=O)c2ccc(C#N)cc2)c1. The van der Waals surface area contributed by atoms with Gasteiger partial charge in [0.25, 0.3) is 10.0 Å². The highest BCUT2D eigenvalue weighted by Gasteiger charge is 2.23. The third-order valence-corrected chi connectivity index (χ3v) is 5.60. The van der Waals surface area contributed by atoms with Crippen molar-refractivity contribution >= 4 is 10.0 Å². The van der Waals surface area contributed by atoms with Crippen LogP contribution in [0.4, 0.5) is 4.39 Å². The van der Waals surface area contributed by atoms with Crippen LogP contribution in [0.1, 0.15) is 11.1 Å². The number of aromatic nitrogens is 1. The molecular weight excluding hydrogens is 353 g/mol. The van der Waals surface area contributed by atoms with Crippen LogP contribution in [0.5, 0.6) is 0 Å². The summed E-state index contributed by atoms with van der Waals surface area (Å²) in [4.78, 5) is 0.0284. The van der Waals surface area contributed by atoms with Crippen LogP contribution in [0.15, 0.2) is 65.7 Å². The summed E-state index contributed by atoms with van der Waals surface area (Å²) >= 11 is 0. The lowest BCUT2D eigenvalue weighted by Gasteiger charge is -2.11. The van der Waals surface area contributed by atoms with Gasteiger partial charge in [-0.1, -0.05) is 12.1 Å². The first kappa shape index (κ1) is 17.9. The van der Waals surface area contributed by atoms with Gasteiger partial charge in [-0.25, -0.2) is 16.8 Å². The Morgan fingerprint density at radius 2 is 1.85 bits per heavy atom. The van der Waals surface area contributed by atoms with Crippen molar-refractivity contribution in [3.05, 3.63) is 77.7 Å². The van der Waals surface area contributed by atoms with Gasteiger partial charge >= 0.3 is 0 Å². The second-order valence-electron chi connectivity index (χ2n) is 5.68. The number of halogens is 1. The van der Waals surface area contributed by atoms with E-state index < -0.39 is 15.8 Å². The molecule has 0 amide bonds. The lowest BCUT2D eigenvalue weighted by atomic mass is 10.1. The van der Waals surface area contributed by atoms with E-state index in [2.05, 4.69) is 5.32 Å². The molecule has 0 aliphatic rings. The predicted octanol–water partition coefficient (Wildman–Crippen LogP) is 3.12. The molecule has 0 fully saturated rings. The first-order valence-electron chi connectivity index (χ1n) is 7.84. The van der Waals surface area contributed by atoms with Crippen LogP contribution in [0.25, 0.3) is 11.3 Å². The number of nitrogens with one attached hydrogen (secondary N) is 1. The van der Waals surface area contributed by atoms with E-state index >= 15 is 0 Å². The highest BCUT2D eigenvalue weighted by atomic mass is 32.2. The molecule has 0 bridgehead atoms. The van der Waals surface area contributed by atoms with Gasteiger partial charge in [-0.15, -0.1) is 0 Å². The maximum atomic E-state index is 14.3. The fraction of sp³-hybridized carbons (Fsp3) is 0.105. The molecule has 0 radical (unpaired) electrons. The quantitative estimate of drug-likeness (QED) is 0.750. The Labute approximate surface area is 151 Å². The molecule has 0 unspecified atom stereocenters. The topological polar surface area (TPSA) is 74.9 Å². The Hall–Kier alpha value is -2.95. The van der Waals surface area contributed by atoms with Gasteiger partial charge in [-0.2, -0.15) is 5.26 Å². The molecule has 3 rings (SSSR count). The van der Waals surface area contributed by atoms with Crippen LogP contribution in [0, 0.1) is 17.1 Å². The molecule has 0 saturated heterocycles. The number of nitrogens with zero attached hydrogens (tertiary/aromatic N) is 2. The van der Waals surface area contributed by atoms with Gasteiger partial charge in [0.05, 0.1) is 22.2 Å². The van der Waals surface area contributed by atoms with Crippen LogP contribution in [0.3, 0.4) is 0 Å². The zero-order valence-electron chi connectivity index (χ0n) is 14.0. The summed E-state index contributed by atoms with van der Waals surface area (Å²) in [5.74, 6) is -0.502. The summed E-state index contributed by atoms with van der Waals surface area (Å²) in [7, 11) is -2.20. The molecular formula is C19H16FN3O2S. The summed E-state index contributed by atoms with van der Waals surface area (Å²) < 4.78 is 41.6. The molecule has 5 nitrogen and oxygen atoms in total. The van der Waals surface area contributed by atoms with E-state index in [9.17, 15) is 12.8 Å². The number of hydrogen-bond donors (Lipinski definition) is 1. The van der Waals surface area contributed by atoms with Gasteiger partial charge in [0.15, 0.2) is 0 Å². The zero-order chi connectivity index (χ0) is 18.7. The van der Waals surface area contributed by atoms with Gasteiger partial charge in [0, 0.05) is 18.3 Å².